The van der Waals surface area contributed by atoms with E-state index in [0.29, 0.717) is 5.75 Å². The summed E-state index contributed by atoms with van der Waals surface area (Å²) in [5.74, 6) is 0.624. The Hall–Kier alpha value is 0.110. The zero-order valence-corrected chi connectivity index (χ0v) is 10.3. The number of hydrogen-bond acceptors (Lipinski definition) is 2. The van der Waals surface area contributed by atoms with Gasteiger partial charge in [0.2, 0.25) is 0 Å². The molecule has 0 aromatic heterocycles. The fraction of sp³-hybridized carbons (Fsp3) is 1.00. The second-order valence-electron chi connectivity index (χ2n) is 4.74. The van der Waals surface area contributed by atoms with Crippen LogP contribution in [0.25, 0.3) is 0 Å². The minimum Gasteiger partial charge on any atom is -0.326 e. The van der Waals surface area contributed by atoms with Crippen LogP contribution in [-0.2, 0) is 10.8 Å². The highest BCUT2D eigenvalue weighted by Crippen LogP contribution is 2.19. The first kappa shape index (κ1) is 13.1. The van der Waals surface area contributed by atoms with E-state index in [0.717, 1.165) is 6.42 Å². The zero-order chi connectivity index (χ0) is 10.6. The predicted octanol–water partition coefficient (Wildman–Crippen LogP) is 1.91. The van der Waals surface area contributed by atoms with Crippen LogP contribution < -0.4 is 5.73 Å². The van der Waals surface area contributed by atoms with Gasteiger partial charge in [-0.05, 0) is 11.8 Å². The van der Waals surface area contributed by atoms with Crippen LogP contribution in [0.5, 0.6) is 0 Å². The fourth-order valence-corrected chi connectivity index (χ4v) is 2.33. The molecule has 0 amide bonds. The third-order valence-electron chi connectivity index (χ3n) is 2.48. The quantitative estimate of drug-likeness (QED) is 0.762. The van der Waals surface area contributed by atoms with Crippen LogP contribution in [0, 0.1) is 5.41 Å². The van der Waals surface area contributed by atoms with E-state index < -0.39 is 10.8 Å². The largest absolute Gasteiger partial charge is 0.326 e. The summed E-state index contributed by atoms with van der Waals surface area (Å²) in [6.45, 7) is 10.3. The molecular weight excluding hydrogens is 182 g/mol. The molecule has 80 valence electrons. The van der Waals surface area contributed by atoms with E-state index in [1.807, 2.05) is 6.92 Å². The van der Waals surface area contributed by atoms with Crippen LogP contribution >= 0.6 is 0 Å². The van der Waals surface area contributed by atoms with Gasteiger partial charge in [-0.25, -0.2) is 0 Å². The molecule has 3 atom stereocenters. The molecule has 0 aromatic rings. The van der Waals surface area contributed by atoms with E-state index in [-0.39, 0.29) is 16.7 Å². The maximum absolute atomic E-state index is 11.7. The Labute approximate surface area is 84.7 Å². The van der Waals surface area contributed by atoms with Gasteiger partial charge < -0.3 is 5.73 Å². The molecular formula is C10H23NOS. The molecule has 13 heavy (non-hydrogen) atoms. The summed E-state index contributed by atoms with van der Waals surface area (Å²) >= 11 is 0. The molecule has 3 heteroatoms. The Morgan fingerprint density at radius 2 is 1.85 bits per heavy atom. The van der Waals surface area contributed by atoms with Crippen LogP contribution in [0.2, 0.25) is 0 Å². The molecule has 0 radical (unpaired) electrons. The summed E-state index contributed by atoms with van der Waals surface area (Å²) in [4.78, 5) is 0. The van der Waals surface area contributed by atoms with Crippen LogP contribution in [0.1, 0.15) is 41.0 Å². The summed E-state index contributed by atoms with van der Waals surface area (Å²) < 4.78 is 11.7. The third kappa shape index (κ3) is 4.77. The van der Waals surface area contributed by atoms with Crippen LogP contribution in [-0.4, -0.2) is 21.3 Å². The van der Waals surface area contributed by atoms with Crippen molar-refractivity contribution in [3.05, 3.63) is 0 Å². The molecule has 0 aliphatic carbocycles. The lowest BCUT2D eigenvalue weighted by Gasteiger charge is -2.27. The Balaban J connectivity index is 4.07. The minimum absolute atomic E-state index is 0.0299. The Bertz CT molecular complexity index is 174. The molecule has 2 nitrogen and oxygen atoms in total. The van der Waals surface area contributed by atoms with Crippen molar-refractivity contribution in [3.8, 4) is 0 Å². The second-order valence-corrected chi connectivity index (χ2v) is 6.64. The monoisotopic (exact) mass is 205 g/mol. The Morgan fingerprint density at radius 3 is 2.15 bits per heavy atom. The lowest BCUT2D eigenvalue weighted by Crippen LogP contribution is -2.41. The number of rotatable bonds is 4. The van der Waals surface area contributed by atoms with E-state index in [4.69, 9.17) is 5.73 Å². The molecule has 0 bridgehead atoms. The van der Waals surface area contributed by atoms with E-state index in [2.05, 4.69) is 27.7 Å². The normalized spacial score (nSPS) is 19.5. The summed E-state index contributed by atoms with van der Waals surface area (Å²) in [7, 11) is -0.766. The van der Waals surface area contributed by atoms with Crippen LogP contribution in [0.4, 0.5) is 0 Å². The van der Waals surface area contributed by atoms with Crippen molar-refractivity contribution in [3.63, 3.8) is 0 Å². The lowest BCUT2D eigenvalue weighted by molar-refractivity contribution is 0.342. The fourth-order valence-electron chi connectivity index (χ4n) is 0.777. The first-order valence-corrected chi connectivity index (χ1v) is 6.30. The van der Waals surface area contributed by atoms with Gasteiger partial charge in [-0.15, -0.1) is 0 Å². The van der Waals surface area contributed by atoms with E-state index >= 15 is 0 Å². The molecule has 0 saturated carbocycles. The molecule has 0 aromatic carbocycles. The molecule has 0 fully saturated rings. The van der Waals surface area contributed by atoms with E-state index in [9.17, 15) is 4.21 Å². The Morgan fingerprint density at radius 1 is 1.38 bits per heavy atom. The molecule has 3 unspecified atom stereocenters. The maximum atomic E-state index is 11.7. The molecule has 0 rings (SSSR count). The molecule has 0 heterocycles. The minimum atomic E-state index is -0.766. The van der Waals surface area contributed by atoms with Gasteiger partial charge in [0.25, 0.3) is 0 Å². The molecule has 0 aliphatic rings. The molecule has 0 spiro atoms. The van der Waals surface area contributed by atoms with Crippen molar-refractivity contribution in [1.82, 2.24) is 0 Å². The molecule has 0 aliphatic heterocycles. The van der Waals surface area contributed by atoms with Gasteiger partial charge in [0.1, 0.15) is 0 Å². The van der Waals surface area contributed by atoms with Crippen molar-refractivity contribution >= 4 is 10.8 Å². The van der Waals surface area contributed by atoms with Gasteiger partial charge in [-0.1, -0.05) is 34.6 Å². The van der Waals surface area contributed by atoms with Gasteiger partial charge in [0.15, 0.2) is 0 Å². The van der Waals surface area contributed by atoms with Crippen LogP contribution in [0.15, 0.2) is 0 Å². The second kappa shape index (κ2) is 5.11. The van der Waals surface area contributed by atoms with E-state index in [1.54, 1.807) is 0 Å². The van der Waals surface area contributed by atoms with Crippen molar-refractivity contribution in [2.24, 2.45) is 11.1 Å². The SMILES string of the molecule is CCC(C)S(=O)CC(N)C(C)(C)C. The van der Waals surface area contributed by atoms with Crippen molar-refractivity contribution < 1.29 is 4.21 Å². The van der Waals surface area contributed by atoms with E-state index in [1.165, 1.54) is 0 Å². The number of nitrogens with two attached hydrogens (primary N) is 1. The topological polar surface area (TPSA) is 43.1 Å². The third-order valence-corrected chi connectivity index (χ3v) is 4.40. The summed E-state index contributed by atoms with van der Waals surface area (Å²) in [5.41, 5.74) is 6.01. The summed E-state index contributed by atoms with van der Waals surface area (Å²) in [6.07, 6.45) is 0.962. The maximum Gasteiger partial charge on any atom is 0.0394 e. The smallest absolute Gasteiger partial charge is 0.0394 e. The first-order chi connectivity index (χ1) is 5.79. The first-order valence-electron chi connectivity index (χ1n) is 4.91. The molecule has 2 N–H and O–H groups in total. The Kier molecular flexibility index (Phi) is 5.15. The van der Waals surface area contributed by atoms with Crippen LogP contribution in [0.3, 0.4) is 0 Å². The molecule has 0 saturated heterocycles. The zero-order valence-electron chi connectivity index (χ0n) is 9.46. The summed E-state index contributed by atoms with van der Waals surface area (Å²) in [5, 5.41) is 0.272. The lowest BCUT2D eigenvalue weighted by atomic mass is 9.89. The highest BCUT2D eigenvalue weighted by Gasteiger charge is 2.23. The van der Waals surface area contributed by atoms with Crippen molar-refractivity contribution in [2.45, 2.75) is 52.3 Å². The van der Waals surface area contributed by atoms with Gasteiger partial charge in [0.05, 0.1) is 0 Å². The van der Waals surface area contributed by atoms with Crippen molar-refractivity contribution in [1.29, 1.82) is 0 Å². The highest BCUT2D eigenvalue weighted by molar-refractivity contribution is 7.85. The van der Waals surface area contributed by atoms with Gasteiger partial charge in [0, 0.05) is 27.8 Å². The summed E-state index contributed by atoms with van der Waals surface area (Å²) in [6, 6.07) is 0.0299. The van der Waals surface area contributed by atoms with Gasteiger partial charge in [-0.2, -0.15) is 0 Å². The standard InChI is InChI=1S/C10H23NOS/c1-6-8(2)13(12)7-9(11)10(3,4)5/h8-9H,6-7,11H2,1-5H3. The van der Waals surface area contributed by atoms with Gasteiger partial charge in [-0.3, -0.25) is 4.21 Å². The van der Waals surface area contributed by atoms with Crippen molar-refractivity contribution in [2.75, 3.05) is 5.75 Å². The number of hydrogen-bond donors (Lipinski definition) is 1. The van der Waals surface area contributed by atoms with Gasteiger partial charge >= 0.3 is 0 Å². The average Bonchev–Trinajstić information content (AvgIpc) is 2.01. The highest BCUT2D eigenvalue weighted by atomic mass is 32.2. The average molecular weight is 205 g/mol. The predicted molar refractivity (Wildman–Crippen MR) is 60.2 cm³/mol.